The molecule has 0 aromatic heterocycles. The van der Waals surface area contributed by atoms with Crippen LogP contribution < -0.4 is 4.74 Å². The Hall–Kier alpha value is -3.32. The topological polar surface area (TPSA) is 70.3 Å². The van der Waals surface area contributed by atoms with E-state index in [4.69, 9.17) is 4.74 Å². The molecule has 0 amide bonds. The van der Waals surface area contributed by atoms with Gasteiger partial charge in [-0.2, -0.15) is 5.26 Å². The molecule has 0 saturated heterocycles. The Balaban J connectivity index is 2.55. The van der Waals surface area contributed by atoms with Crippen LogP contribution in [0.5, 0.6) is 5.75 Å². The monoisotopic (exact) mass is 373 g/mol. The zero-order chi connectivity index (χ0) is 20.4. The molecule has 3 aromatic rings. The van der Waals surface area contributed by atoms with Crippen LogP contribution in [0.25, 0.3) is 10.8 Å². The molecule has 3 rings (SSSR count). The van der Waals surface area contributed by atoms with E-state index in [2.05, 4.69) is 6.07 Å². The van der Waals surface area contributed by atoms with Crippen LogP contribution >= 0.6 is 0 Å². The number of hydrogen-bond donors (Lipinski definition) is 1. The Morgan fingerprint density at radius 1 is 1.04 bits per heavy atom. The standard InChI is InChI=1S/C24H23NO3/c1-4-24(23(2,16-25)22(26)27,20-13-7-8-15-21(20)28-3)19-14-9-11-17-10-5-6-12-18(17)19/h5-15H,4H2,1-3H3,(H,26,27). The van der Waals surface area contributed by atoms with Gasteiger partial charge in [-0.25, -0.2) is 0 Å². The van der Waals surface area contributed by atoms with Crippen molar-refractivity contribution in [2.24, 2.45) is 5.41 Å². The molecule has 0 fully saturated rings. The highest BCUT2D eigenvalue weighted by Crippen LogP contribution is 2.53. The lowest BCUT2D eigenvalue weighted by Gasteiger charge is -2.43. The normalized spacial score (nSPS) is 15.2. The summed E-state index contributed by atoms with van der Waals surface area (Å²) in [6.07, 6.45) is 0.414. The van der Waals surface area contributed by atoms with Crippen LogP contribution in [0.4, 0.5) is 0 Å². The van der Waals surface area contributed by atoms with Crippen molar-refractivity contribution in [3.63, 3.8) is 0 Å². The zero-order valence-corrected chi connectivity index (χ0v) is 16.3. The van der Waals surface area contributed by atoms with Gasteiger partial charge >= 0.3 is 5.97 Å². The minimum Gasteiger partial charge on any atom is -0.496 e. The third-order valence-electron chi connectivity index (χ3n) is 5.85. The van der Waals surface area contributed by atoms with Gasteiger partial charge in [-0.15, -0.1) is 0 Å². The highest BCUT2D eigenvalue weighted by Gasteiger charge is 2.57. The fraction of sp³-hybridized carbons (Fsp3) is 0.250. The second kappa shape index (κ2) is 7.36. The molecule has 2 atom stereocenters. The zero-order valence-electron chi connectivity index (χ0n) is 16.3. The summed E-state index contributed by atoms with van der Waals surface area (Å²) in [5.74, 6) is -0.587. The fourth-order valence-electron chi connectivity index (χ4n) is 4.34. The van der Waals surface area contributed by atoms with E-state index >= 15 is 0 Å². The maximum atomic E-state index is 12.5. The first kappa shape index (κ1) is 19.4. The average molecular weight is 373 g/mol. The van der Waals surface area contributed by atoms with Crippen LogP contribution in [0.3, 0.4) is 0 Å². The number of carbonyl (C=O) groups is 1. The van der Waals surface area contributed by atoms with Gasteiger partial charge in [-0.05, 0) is 35.7 Å². The van der Waals surface area contributed by atoms with Crippen LogP contribution in [-0.2, 0) is 10.2 Å². The molecule has 0 spiro atoms. The Labute approximate surface area is 165 Å². The Morgan fingerprint density at radius 2 is 1.64 bits per heavy atom. The number of para-hydroxylation sites is 1. The number of methoxy groups -OCH3 is 1. The lowest BCUT2D eigenvalue weighted by Crippen LogP contribution is -2.49. The number of benzene rings is 3. The van der Waals surface area contributed by atoms with Crippen molar-refractivity contribution in [3.05, 3.63) is 77.9 Å². The first-order valence-electron chi connectivity index (χ1n) is 9.22. The van der Waals surface area contributed by atoms with E-state index in [9.17, 15) is 15.2 Å². The van der Waals surface area contributed by atoms with Gasteiger partial charge in [0, 0.05) is 5.56 Å². The molecule has 0 radical (unpaired) electrons. The summed E-state index contributed by atoms with van der Waals surface area (Å²) in [7, 11) is 1.56. The van der Waals surface area contributed by atoms with Gasteiger partial charge in [0.15, 0.2) is 5.41 Å². The fourth-order valence-corrected chi connectivity index (χ4v) is 4.34. The van der Waals surface area contributed by atoms with Crippen molar-refractivity contribution in [2.75, 3.05) is 7.11 Å². The van der Waals surface area contributed by atoms with Gasteiger partial charge in [0.25, 0.3) is 0 Å². The molecular formula is C24H23NO3. The van der Waals surface area contributed by atoms with Crippen LogP contribution in [0.1, 0.15) is 31.4 Å². The summed E-state index contributed by atoms with van der Waals surface area (Å²) < 4.78 is 5.60. The highest BCUT2D eigenvalue weighted by molar-refractivity contribution is 5.90. The summed E-state index contributed by atoms with van der Waals surface area (Å²) in [5, 5.41) is 22.2. The van der Waals surface area contributed by atoms with E-state index in [-0.39, 0.29) is 0 Å². The number of rotatable bonds is 6. The number of carboxylic acid groups (broad SMARTS) is 1. The predicted molar refractivity (Wildman–Crippen MR) is 109 cm³/mol. The predicted octanol–water partition coefficient (Wildman–Crippen LogP) is 5.16. The number of nitrogens with zero attached hydrogens (tertiary/aromatic N) is 1. The second-order valence-corrected chi connectivity index (χ2v) is 7.03. The van der Waals surface area contributed by atoms with E-state index in [1.165, 1.54) is 6.92 Å². The number of fused-ring (bicyclic) bond motifs is 1. The van der Waals surface area contributed by atoms with Crippen molar-refractivity contribution in [1.29, 1.82) is 5.26 Å². The largest absolute Gasteiger partial charge is 0.496 e. The Bertz CT molecular complexity index is 1060. The molecule has 142 valence electrons. The number of hydrogen-bond acceptors (Lipinski definition) is 3. The van der Waals surface area contributed by atoms with Crippen molar-refractivity contribution in [2.45, 2.75) is 25.7 Å². The van der Waals surface area contributed by atoms with E-state index in [1.54, 1.807) is 7.11 Å². The molecule has 3 aromatic carbocycles. The van der Waals surface area contributed by atoms with Gasteiger partial charge in [0.2, 0.25) is 0 Å². The third kappa shape index (κ3) is 2.63. The lowest BCUT2D eigenvalue weighted by molar-refractivity contribution is -0.147. The quantitative estimate of drug-likeness (QED) is 0.648. The van der Waals surface area contributed by atoms with Crippen molar-refractivity contribution >= 4 is 16.7 Å². The second-order valence-electron chi connectivity index (χ2n) is 7.03. The Kier molecular flexibility index (Phi) is 5.11. The molecule has 0 aliphatic carbocycles. The molecule has 28 heavy (non-hydrogen) atoms. The number of aliphatic carboxylic acids is 1. The van der Waals surface area contributed by atoms with Crippen LogP contribution in [0.15, 0.2) is 66.7 Å². The minimum atomic E-state index is -1.71. The molecule has 4 nitrogen and oxygen atoms in total. The smallest absolute Gasteiger partial charge is 0.325 e. The highest BCUT2D eigenvalue weighted by atomic mass is 16.5. The molecule has 1 N–H and O–H groups in total. The van der Waals surface area contributed by atoms with Gasteiger partial charge in [0.05, 0.1) is 18.6 Å². The van der Waals surface area contributed by atoms with Crippen LogP contribution in [0.2, 0.25) is 0 Å². The van der Waals surface area contributed by atoms with E-state index in [1.807, 2.05) is 73.7 Å². The molecular weight excluding hydrogens is 350 g/mol. The first-order valence-corrected chi connectivity index (χ1v) is 9.22. The molecule has 0 heterocycles. The van der Waals surface area contributed by atoms with Crippen molar-refractivity contribution in [1.82, 2.24) is 0 Å². The summed E-state index contributed by atoms with van der Waals surface area (Å²) in [6, 6.07) is 23.2. The molecule has 2 unspecified atom stereocenters. The number of ether oxygens (including phenoxy) is 1. The van der Waals surface area contributed by atoms with Gasteiger partial charge in [-0.1, -0.05) is 67.6 Å². The number of carboxylic acids is 1. The maximum absolute atomic E-state index is 12.5. The maximum Gasteiger partial charge on any atom is 0.325 e. The van der Waals surface area contributed by atoms with E-state index < -0.39 is 16.8 Å². The third-order valence-corrected chi connectivity index (χ3v) is 5.85. The lowest BCUT2D eigenvalue weighted by atomic mass is 9.55. The molecule has 0 aliphatic heterocycles. The summed E-state index contributed by atoms with van der Waals surface area (Å²) in [4.78, 5) is 12.5. The summed E-state index contributed by atoms with van der Waals surface area (Å²) in [6.45, 7) is 3.43. The average Bonchev–Trinajstić information content (AvgIpc) is 2.74. The summed E-state index contributed by atoms with van der Waals surface area (Å²) in [5.41, 5.74) is -1.31. The molecule has 0 saturated carbocycles. The Morgan fingerprint density at radius 3 is 2.29 bits per heavy atom. The van der Waals surface area contributed by atoms with E-state index in [0.717, 1.165) is 16.3 Å². The first-order chi connectivity index (χ1) is 13.5. The van der Waals surface area contributed by atoms with Crippen molar-refractivity contribution < 1.29 is 14.6 Å². The molecule has 0 aliphatic rings. The van der Waals surface area contributed by atoms with Gasteiger partial charge in [0.1, 0.15) is 5.75 Å². The minimum absolute atomic E-state index is 0.414. The van der Waals surface area contributed by atoms with Gasteiger partial charge in [-0.3, -0.25) is 4.79 Å². The number of nitriles is 1. The van der Waals surface area contributed by atoms with Crippen molar-refractivity contribution in [3.8, 4) is 11.8 Å². The van der Waals surface area contributed by atoms with E-state index in [0.29, 0.717) is 17.7 Å². The molecule has 0 bridgehead atoms. The SMILES string of the molecule is CCC(c1ccccc1OC)(c1cccc2ccccc12)C(C)(C#N)C(=O)O. The van der Waals surface area contributed by atoms with Gasteiger partial charge < -0.3 is 9.84 Å². The van der Waals surface area contributed by atoms with Crippen LogP contribution in [0, 0.1) is 16.7 Å². The molecule has 4 heteroatoms. The van der Waals surface area contributed by atoms with Crippen LogP contribution in [-0.4, -0.2) is 18.2 Å². The summed E-state index contributed by atoms with van der Waals surface area (Å²) >= 11 is 0.